The van der Waals surface area contributed by atoms with E-state index in [0.717, 1.165) is 25.7 Å². The lowest BCUT2D eigenvalue weighted by Gasteiger charge is -2.45. The zero-order valence-electron chi connectivity index (χ0n) is 14.8. The molecule has 2 aliphatic carbocycles. The standard InChI is InChI=1S/C21H25N3O2/c22-18-10-15-2-1-3-16(11-18)19(15)24-21(26)14-6-4-13(5-7-14)20(25)17-8-9-23-12-17/h4-9,12,15-16,18-19,23H,1-3,10-11,22H2,(H,24,26). The highest BCUT2D eigenvalue weighted by atomic mass is 16.1. The molecule has 2 aliphatic rings. The molecule has 2 saturated carbocycles. The van der Waals surface area contributed by atoms with Crippen LogP contribution in [-0.4, -0.2) is 28.8 Å². The van der Waals surface area contributed by atoms with Crippen LogP contribution in [0.1, 0.15) is 58.4 Å². The van der Waals surface area contributed by atoms with E-state index >= 15 is 0 Å². The average molecular weight is 351 g/mol. The van der Waals surface area contributed by atoms with Crippen LogP contribution in [-0.2, 0) is 0 Å². The number of rotatable bonds is 4. The fourth-order valence-electron chi connectivity index (χ4n) is 4.66. The number of fused-ring (bicyclic) bond motifs is 2. The summed E-state index contributed by atoms with van der Waals surface area (Å²) in [7, 11) is 0. The van der Waals surface area contributed by atoms with Crippen molar-refractivity contribution in [2.75, 3.05) is 0 Å². The van der Waals surface area contributed by atoms with Crippen molar-refractivity contribution in [2.24, 2.45) is 17.6 Å². The molecule has 2 bridgehead atoms. The number of carbonyl (C=O) groups is 2. The van der Waals surface area contributed by atoms with Gasteiger partial charge in [-0.25, -0.2) is 0 Å². The van der Waals surface area contributed by atoms with Gasteiger partial charge in [-0.2, -0.15) is 0 Å². The molecule has 2 unspecified atom stereocenters. The molecule has 4 rings (SSSR count). The monoisotopic (exact) mass is 351 g/mol. The van der Waals surface area contributed by atoms with Crippen molar-refractivity contribution in [2.45, 2.75) is 44.2 Å². The lowest BCUT2D eigenvalue weighted by Crippen LogP contribution is -2.53. The number of hydrogen-bond acceptors (Lipinski definition) is 3. The number of aromatic nitrogens is 1. The van der Waals surface area contributed by atoms with Gasteiger partial charge in [0.15, 0.2) is 5.78 Å². The van der Waals surface area contributed by atoms with E-state index < -0.39 is 0 Å². The minimum atomic E-state index is -0.0528. The van der Waals surface area contributed by atoms with E-state index in [4.69, 9.17) is 5.73 Å². The number of benzene rings is 1. The van der Waals surface area contributed by atoms with Gasteiger partial charge in [0.2, 0.25) is 0 Å². The van der Waals surface area contributed by atoms with Gasteiger partial charge in [-0.15, -0.1) is 0 Å². The first-order valence-corrected chi connectivity index (χ1v) is 9.46. The molecular weight excluding hydrogens is 326 g/mol. The van der Waals surface area contributed by atoms with E-state index in [-0.39, 0.29) is 23.8 Å². The Hall–Kier alpha value is -2.40. The summed E-state index contributed by atoms with van der Waals surface area (Å²) in [6.07, 6.45) is 8.96. The average Bonchev–Trinajstić information content (AvgIpc) is 3.16. The summed E-state index contributed by atoms with van der Waals surface area (Å²) in [5.41, 5.74) is 7.97. The second kappa shape index (κ2) is 7.08. The van der Waals surface area contributed by atoms with Crippen LogP contribution in [0.5, 0.6) is 0 Å². The molecule has 0 radical (unpaired) electrons. The molecule has 1 aromatic carbocycles. The van der Waals surface area contributed by atoms with Crippen molar-refractivity contribution in [1.82, 2.24) is 10.3 Å². The van der Waals surface area contributed by atoms with Gasteiger partial charge in [0.05, 0.1) is 0 Å². The number of ketones is 1. The number of nitrogens with two attached hydrogens (primary N) is 1. The Morgan fingerprint density at radius 2 is 1.62 bits per heavy atom. The van der Waals surface area contributed by atoms with Crippen molar-refractivity contribution in [3.05, 3.63) is 59.4 Å². The fourth-order valence-corrected chi connectivity index (χ4v) is 4.66. The van der Waals surface area contributed by atoms with E-state index in [0.29, 0.717) is 28.5 Å². The predicted octanol–water partition coefficient (Wildman–Crippen LogP) is 2.88. The SMILES string of the molecule is NC1CC2CCCC(C1)C2NC(=O)c1ccc(C(=O)c2cc[nH]c2)cc1. The second-order valence-corrected chi connectivity index (χ2v) is 7.69. The van der Waals surface area contributed by atoms with Crippen molar-refractivity contribution in [3.8, 4) is 0 Å². The maximum atomic E-state index is 12.7. The van der Waals surface area contributed by atoms with Gasteiger partial charge in [-0.05, 0) is 55.7 Å². The van der Waals surface area contributed by atoms with Crippen LogP contribution in [0.15, 0.2) is 42.7 Å². The van der Waals surface area contributed by atoms with Crippen LogP contribution in [0.4, 0.5) is 0 Å². The van der Waals surface area contributed by atoms with E-state index in [1.54, 1.807) is 42.7 Å². The van der Waals surface area contributed by atoms with Crippen LogP contribution < -0.4 is 11.1 Å². The van der Waals surface area contributed by atoms with Crippen LogP contribution in [0, 0.1) is 11.8 Å². The topological polar surface area (TPSA) is 88.0 Å². The zero-order chi connectivity index (χ0) is 18.1. The number of amides is 1. The Kier molecular flexibility index (Phi) is 4.64. The van der Waals surface area contributed by atoms with Crippen molar-refractivity contribution in [1.29, 1.82) is 0 Å². The summed E-state index contributed by atoms with van der Waals surface area (Å²) in [6.45, 7) is 0. The molecule has 2 fully saturated rings. The number of carbonyl (C=O) groups excluding carboxylic acids is 2. The highest BCUT2D eigenvalue weighted by molar-refractivity contribution is 6.09. The summed E-state index contributed by atoms with van der Waals surface area (Å²) in [5.74, 6) is 0.892. The summed E-state index contributed by atoms with van der Waals surface area (Å²) in [6, 6.07) is 9.17. The largest absolute Gasteiger partial charge is 0.367 e. The van der Waals surface area contributed by atoms with Crippen molar-refractivity contribution in [3.63, 3.8) is 0 Å². The lowest BCUT2D eigenvalue weighted by atomic mass is 9.67. The fraction of sp³-hybridized carbons (Fsp3) is 0.429. The zero-order valence-corrected chi connectivity index (χ0v) is 14.8. The second-order valence-electron chi connectivity index (χ2n) is 7.69. The Bertz CT molecular complexity index is 768. The van der Waals surface area contributed by atoms with E-state index in [1.807, 2.05) is 0 Å². The third-order valence-electron chi connectivity index (χ3n) is 5.94. The maximum absolute atomic E-state index is 12.7. The molecule has 2 aromatic rings. The normalized spacial score (nSPS) is 27.7. The number of H-pyrrole nitrogens is 1. The first kappa shape index (κ1) is 17.0. The molecule has 26 heavy (non-hydrogen) atoms. The Morgan fingerprint density at radius 1 is 0.962 bits per heavy atom. The molecule has 2 atom stereocenters. The molecule has 5 heteroatoms. The van der Waals surface area contributed by atoms with Crippen LogP contribution >= 0.6 is 0 Å². The van der Waals surface area contributed by atoms with Crippen LogP contribution in [0.2, 0.25) is 0 Å². The lowest BCUT2D eigenvalue weighted by molar-refractivity contribution is 0.0755. The summed E-state index contributed by atoms with van der Waals surface area (Å²) < 4.78 is 0. The van der Waals surface area contributed by atoms with Crippen LogP contribution in [0.25, 0.3) is 0 Å². The quantitative estimate of drug-likeness (QED) is 0.740. The first-order chi connectivity index (χ1) is 12.6. The highest BCUT2D eigenvalue weighted by Crippen LogP contribution is 2.39. The predicted molar refractivity (Wildman–Crippen MR) is 100.0 cm³/mol. The number of aromatic amines is 1. The Labute approximate surface area is 153 Å². The number of hydrogen-bond donors (Lipinski definition) is 3. The van der Waals surface area contributed by atoms with E-state index in [2.05, 4.69) is 10.3 Å². The Morgan fingerprint density at radius 3 is 2.23 bits per heavy atom. The van der Waals surface area contributed by atoms with Gasteiger partial charge in [-0.1, -0.05) is 18.6 Å². The maximum Gasteiger partial charge on any atom is 0.251 e. The Balaban J connectivity index is 1.44. The molecule has 0 saturated heterocycles. The molecule has 0 spiro atoms. The molecular formula is C21H25N3O2. The minimum absolute atomic E-state index is 0.0472. The molecule has 1 amide bonds. The smallest absolute Gasteiger partial charge is 0.251 e. The molecule has 4 N–H and O–H groups in total. The molecule has 5 nitrogen and oxygen atoms in total. The van der Waals surface area contributed by atoms with E-state index in [1.165, 1.54) is 6.42 Å². The van der Waals surface area contributed by atoms with E-state index in [9.17, 15) is 9.59 Å². The molecule has 0 aliphatic heterocycles. The highest BCUT2D eigenvalue weighted by Gasteiger charge is 2.39. The number of nitrogens with one attached hydrogen (secondary N) is 2. The summed E-state index contributed by atoms with van der Waals surface area (Å²) in [4.78, 5) is 27.9. The van der Waals surface area contributed by atoms with Gasteiger partial charge >= 0.3 is 0 Å². The summed E-state index contributed by atoms with van der Waals surface area (Å²) >= 11 is 0. The third kappa shape index (κ3) is 3.31. The van der Waals surface area contributed by atoms with Gasteiger partial charge in [0.25, 0.3) is 5.91 Å². The summed E-state index contributed by atoms with van der Waals surface area (Å²) in [5, 5.41) is 3.25. The third-order valence-corrected chi connectivity index (χ3v) is 5.94. The van der Waals surface area contributed by atoms with Crippen molar-refractivity contribution < 1.29 is 9.59 Å². The van der Waals surface area contributed by atoms with Gasteiger partial charge in [0.1, 0.15) is 0 Å². The minimum Gasteiger partial charge on any atom is -0.367 e. The first-order valence-electron chi connectivity index (χ1n) is 9.46. The van der Waals surface area contributed by atoms with Crippen molar-refractivity contribution >= 4 is 11.7 Å². The molecule has 1 aromatic heterocycles. The van der Waals surface area contributed by atoms with Crippen LogP contribution in [0.3, 0.4) is 0 Å². The molecule has 1 heterocycles. The molecule has 136 valence electrons. The van der Waals surface area contributed by atoms with Gasteiger partial charge in [-0.3, -0.25) is 9.59 Å². The van der Waals surface area contributed by atoms with Gasteiger partial charge < -0.3 is 16.0 Å². The van der Waals surface area contributed by atoms with Gasteiger partial charge in [0, 0.05) is 41.2 Å².